The van der Waals surface area contributed by atoms with Crippen molar-refractivity contribution < 1.29 is 24.8 Å². The van der Waals surface area contributed by atoms with Crippen molar-refractivity contribution in [3.05, 3.63) is 40.6 Å². The van der Waals surface area contributed by atoms with Gasteiger partial charge in [-0.05, 0) is 18.2 Å². The van der Waals surface area contributed by atoms with Crippen molar-refractivity contribution >= 4 is 16.7 Å². The zero-order valence-electron chi connectivity index (χ0n) is 11.1. The first-order valence-electron chi connectivity index (χ1n) is 6.19. The number of nitrogen functional groups attached to an aromatic ring is 1. The second kappa shape index (κ2) is 4.59. The number of hydrogen-bond acceptors (Lipinski definition) is 7. The molecule has 6 N–H and O–H groups in total. The summed E-state index contributed by atoms with van der Waals surface area (Å²) in [7, 11) is 0. The molecule has 3 rings (SSSR count). The van der Waals surface area contributed by atoms with Crippen LogP contribution in [0, 0.1) is 0 Å². The molecule has 7 heteroatoms. The molecule has 1 heterocycles. The van der Waals surface area contributed by atoms with Crippen molar-refractivity contribution in [3.63, 3.8) is 0 Å². The SMILES string of the molecule is Nc1c(-c2ccc(O)c(O)c2)oc2cc(O)cc(O)c2c1=O. The van der Waals surface area contributed by atoms with Crippen molar-refractivity contribution in [3.8, 4) is 34.3 Å². The summed E-state index contributed by atoms with van der Waals surface area (Å²) < 4.78 is 5.48. The van der Waals surface area contributed by atoms with Gasteiger partial charge in [-0.25, -0.2) is 0 Å². The third-order valence-corrected chi connectivity index (χ3v) is 3.23. The fourth-order valence-electron chi connectivity index (χ4n) is 2.18. The Labute approximate surface area is 123 Å². The van der Waals surface area contributed by atoms with Crippen LogP contribution in [0.4, 0.5) is 5.69 Å². The van der Waals surface area contributed by atoms with Crippen LogP contribution in [-0.2, 0) is 0 Å². The highest BCUT2D eigenvalue weighted by Gasteiger charge is 2.18. The van der Waals surface area contributed by atoms with Gasteiger partial charge in [-0.3, -0.25) is 4.79 Å². The summed E-state index contributed by atoms with van der Waals surface area (Å²) in [5.41, 5.74) is 5.02. The molecule has 0 aliphatic heterocycles. The zero-order chi connectivity index (χ0) is 16.0. The fraction of sp³-hybridized carbons (Fsp3) is 0. The minimum atomic E-state index is -0.665. The van der Waals surface area contributed by atoms with Gasteiger partial charge in [-0.2, -0.15) is 0 Å². The quantitative estimate of drug-likeness (QED) is 0.432. The van der Waals surface area contributed by atoms with E-state index < -0.39 is 16.9 Å². The van der Waals surface area contributed by atoms with Gasteiger partial charge in [0.1, 0.15) is 28.2 Å². The molecule has 0 radical (unpaired) electrons. The van der Waals surface area contributed by atoms with Gasteiger partial charge in [0.2, 0.25) is 5.43 Å². The van der Waals surface area contributed by atoms with Crippen molar-refractivity contribution in [2.24, 2.45) is 0 Å². The Bertz CT molecular complexity index is 960. The Morgan fingerprint density at radius 3 is 2.32 bits per heavy atom. The van der Waals surface area contributed by atoms with Crippen LogP contribution in [0.2, 0.25) is 0 Å². The van der Waals surface area contributed by atoms with Crippen LogP contribution in [0.5, 0.6) is 23.0 Å². The lowest BCUT2D eigenvalue weighted by Crippen LogP contribution is -2.10. The van der Waals surface area contributed by atoms with E-state index in [0.717, 1.165) is 6.07 Å². The molecule has 7 nitrogen and oxygen atoms in total. The Kier molecular flexibility index (Phi) is 2.84. The van der Waals surface area contributed by atoms with E-state index in [0.29, 0.717) is 0 Å². The van der Waals surface area contributed by atoms with Crippen LogP contribution in [0.1, 0.15) is 0 Å². The third-order valence-electron chi connectivity index (χ3n) is 3.23. The van der Waals surface area contributed by atoms with Crippen LogP contribution >= 0.6 is 0 Å². The van der Waals surface area contributed by atoms with Crippen LogP contribution in [0.3, 0.4) is 0 Å². The second-order valence-electron chi connectivity index (χ2n) is 4.72. The van der Waals surface area contributed by atoms with E-state index in [1.165, 1.54) is 24.3 Å². The van der Waals surface area contributed by atoms with Gasteiger partial charge in [0.15, 0.2) is 17.3 Å². The monoisotopic (exact) mass is 301 g/mol. The molecule has 0 fully saturated rings. The van der Waals surface area contributed by atoms with Crippen LogP contribution < -0.4 is 11.2 Å². The summed E-state index contributed by atoms with van der Waals surface area (Å²) in [4.78, 5) is 12.3. The van der Waals surface area contributed by atoms with Crippen molar-refractivity contribution in [1.82, 2.24) is 0 Å². The van der Waals surface area contributed by atoms with E-state index >= 15 is 0 Å². The number of nitrogens with two attached hydrogens (primary N) is 1. The van der Waals surface area contributed by atoms with Gasteiger partial charge in [0.25, 0.3) is 0 Å². The number of phenolic OH excluding ortho intramolecular Hbond substituents is 4. The molecular formula is C15H11NO6. The minimum absolute atomic E-state index is 0.0437. The maximum atomic E-state index is 12.3. The average Bonchev–Trinajstić information content (AvgIpc) is 2.45. The summed E-state index contributed by atoms with van der Waals surface area (Å²) >= 11 is 0. The Morgan fingerprint density at radius 2 is 1.64 bits per heavy atom. The van der Waals surface area contributed by atoms with Gasteiger partial charge >= 0.3 is 0 Å². The molecule has 0 aliphatic carbocycles. The highest BCUT2D eigenvalue weighted by Crippen LogP contribution is 2.36. The molecule has 0 saturated carbocycles. The van der Waals surface area contributed by atoms with Crippen LogP contribution in [0.25, 0.3) is 22.3 Å². The molecule has 22 heavy (non-hydrogen) atoms. The fourth-order valence-corrected chi connectivity index (χ4v) is 2.18. The summed E-state index contributed by atoms with van der Waals surface area (Å²) in [5.74, 6) is -1.51. The molecule has 2 aromatic carbocycles. The maximum absolute atomic E-state index is 12.3. The zero-order valence-corrected chi connectivity index (χ0v) is 11.1. The predicted molar refractivity (Wildman–Crippen MR) is 79.0 cm³/mol. The number of rotatable bonds is 1. The molecule has 112 valence electrons. The minimum Gasteiger partial charge on any atom is -0.508 e. The van der Waals surface area contributed by atoms with E-state index in [2.05, 4.69) is 0 Å². The van der Waals surface area contributed by atoms with Gasteiger partial charge in [0, 0.05) is 17.7 Å². The van der Waals surface area contributed by atoms with E-state index in [1.54, 1.807) is 0 Å². The topological polar surface area (TPSA) is 137 Å². The lowest BCUT2D eigenvalue weighted by Gasteiger charge is -2.09. The lowest BCUT2D eigenvalue weighted by molar-refractivity contribution is 0.404. The van der Waals surface area contributed by atoms with Crippen LogP contribution in [0.15, 0.2) is 39.5 Å². The first-order chi connectivity index (χ1) is 10.4. The third kappa shape index (κ3) is 1.96. The van der Waals surface area contributed by atoms with E-state index in [-0.39, 0.29) is 39.5 Å². The Balaban J connectivity index is 2.38. The summed E-state index contributed by atoms with van der Waals surface area (Å²) in [6.45, 7) is 0. The number of phenols is 4. The average molecular weight is 301 g/mol. The lowest BCUT2D eigenvalue weighted by atomic mass is 10.1. The number of anilines is 1. The molecular weight excluding hydrogens is 290 g/mol. The predicted octanol–water partition coefficient (Wildman–Crippen LogP) is 1.86. The standard InChI is InChI=1S/C15H11NO6/c16-13-14(21)12-10(20)4-7(17)5-11(12)22-15(13)6-1-2-8(18)9(19)3-6/h1-5,17-20H,16H2. The molecule has 0 atom stereocenters. The molecule has 0 unspecified atom stereocenters. The molecule has 1 aromatic heterocycles. The second-order valence-corrected chi connectivity index (χ2v) is 4.72. The number of benzene rings is 2. The summed E-state index contributed by atoms with van der Waals surface area (Å²) in [6.07, 6.45) is 0. The first-order valence-corrected chi connectivity index (χ1v) is 6.19. The van der Waals surface area contributed by atoms with Crippen molar-refractivity contribution in [1.29, 1.82) is 0 Å². The van der Waals surface area contributed by atoms with E-state index in [9.17, 15) is 25.2 Å². The van der Waals surface area contributed by atoms with Gasteiger partial charge in [-0.1, -0.05) is 0 Å². The normalized spacial score (nSPS) is 10.9. The van der Waals surface area contributed by atoms with Gasteiger partial charge < -0.3 is 30.6 Å². The number of hydrogen-bond donors (Lipinski definition) is 5. The van der Waals surface area contributed by atoms with E-state index in [4.69, 9.17) is 10.2 Å². The molecule has 0 saturated heterocycles. The Morgan fingerprint density at radius 1 is 0.909 bits per heavy atom. The van der Waals surface area contributed by atoms with Crippen molar-refractivity contribution in [2.75, 3.05) is 5.73 Å². The summed E-state index contributed by atoms with van der Waals surface area (Å²) in [6, 6.07) is 5.97. The summed E-state index contributed by atoms with van der Waals surface area (Å²) in [5, 5.41) is 37.9. The number of aromatic hydroxyl groups is 4. The molecule has 0 aliphatic rings. The van der Waals surface area contributed by atoms with Crippen LogP contribution in [-0.4, -0.2) is 20.4 Å². The molecule has 3 aromatic rings. The highest BCUT2D eigenvalue weighted by atomic mass is 16.3. The van der Waals surface area contributed by atoms with Gasteiger partial charge in [0.05, 0.1) is 0 Å². The van der Waals surface area contributed by atoms with E-state index in [1.807, 2.05) is 0 Å². The van der Waals surface area contributed by atoms with Crippen molar-refractivity contribution in [2.45, 2.75) is 0 Å². The first kappa shape index (κ1) is 13.6. The maximum Gasteiger partial charge on any atom is 0.220 e. The largest absolute Gasteiger partial charge is 0.508 e. The molecule has 0 amide bonds. The smallest absolute Gasteiger partial charge is 0.220 e. The highest BCUT2D eigenvalue weighted by molar-refractivity contribution is 5.90. The molecule has 0 spiro atoms. The number of fused-ring (bicyclic) bond motifs is 1. The Hall–Kier alpha value is -3.35. The van der Waals surface area contributed by atoms with Gasteiger partial charge in [-0.15, -0.1) is 0 Å². The molecule has 0 bridgehead atoms.